The third-order valence-corrected chi connectivity index (χ3v) is 2.44. The first-order valence-electron chi connectivity index (χ1n) is 5.73. The molecule has 0 spiro atoms. The Morgan fingerprint density at radius 1 is 1.20 bits per heavy atom. The van der Waals surface area contributed by atoms with E-state index in [-0.39, 0.29) is 11.8 Å². The molecular weight excluding hydrogens is 192 g/mol. The first-order chi connectivity index (χ1) is 7.26. The molecule has 0 fully saturated rings. The standard InChI is InChI=1S/C11H24N2O2/c1-4-10(5-2)11(14)13-7-6-12-8-9-15-3/h10,12H,4-9H2,1-3H3,(H,13,14). The lowest BCUT2D eigenvalue weighted by Gasteiger charge is -2.12. The summed E-state index contributed by atoms with van der Waals surface area (Å²) >= 11 is 0. The van der Waals surface area contributed by atoms with Crippen molar-refractivity contribution in [2.45, 2.75) is 26.7 Å². The monoisotopic (exact) mass is 216 g/mol. The number of amides is 1. The number of hydrogen-bond donors (Lipinski definition) is 2. The highest BCUT2D eigenvalue weighted by Crippen LogP contribution is 2.06. The van der Waals surface area contributed by atoms with E-state index in [1.807, 2.05) is 13.8 Å². The third-order valence-electron chi connectivity index (χ3n) is 2.44. The van der Waals surface area contributed by atoms with Crippen molar-refractivity contribution in [2.24, 2.45) is 5.92 Å². The molecule has 0 aromatic heterocycles. The molecule has 0 aliphatic carbocycles. The van der Waals surface area contributed by atoms with E-state index in [1.54, 1.807) is 7.11 Å². The summed E-state index contributed by atoms with van der Waals surface area (Å²) in [6.45, 7) is 7.13. The highest BCUT2D eigenvalue weighted by molar-refractivity contribution is 5.78. The van der Waals surface area contributed by atoms with Gasteiger partial charge in [0.1, 0.15) is 0 Å². The number of carbonyl (C=O) groups is 1. The Bertz CT molecular complexity index is 159. The quantitative estimate of drug-likeness (QED) is 0.560. The average Bonchev–Trinajstić information content (AvgIpc) is 2.25. The van der Waals surface area contributed by atoms with Gasteiger partial charge in [-0.25, -0.2) is 0 Å². The second kappa shape index (κ2) is 9.93. The fourth-order valence-corrected chi connectivity index (χ4v) is 1.38. The number of methoxy groups -OCH3 is 1. The van der Waals surface area contributed by atoms with Crippen LogP contribution in [-0.2, 0) is 9.53 Å². The Hall–Kier alpha value is -0.610. The van der Waals surface area contributed by atoms with Crippen LogP contribution in [0.15, 0.2) is 0 Å². The summed E-state index contributed by atoms with van der Waals surface area (Å²) in [5.41, 5.74) is 0. The molecule has 0 aliphatic heterocycles. The Labute approximate surface area is 92.8 Å². The summed E-state index contributed by atoms with van der Waals surface area (Å²) in [5.74, 6) is 0.345. The highest BCUT2D eigenvalue weighted by atomic mass is 16.5. The van der Waals surface area contributed by atoms with Gasteiger partial charge in [0.25, 0.3) is 0 Å². The van der Waals surface area contributed by atoms with Crippen molar-refractivity contribution in [2.75, 3.05) is 33.4 Å². The van der Waals surface area contributed by atoms with E-state index in [9.17, 15) is 4.79 Å². The summed E-state index contributed by atoms with van der Waals surface area (Å²) in [6, 6.07) is 0. The van der Waals surface area contributed by atoms with Crippen molar-refractivity contribution in [3.05, 3.63) is 0 Å². The topological polar surface area (TPSA) is 50.4 Å². The van der Waals surface area contributed by atoms with Gasteiger partial charge in [-0.3, -0.25) is 4.79 Å². The SMILES string of the molecule is CCC(CC)C(=O)NCCNCCOC. The van der Waals surface area contributed by atoms with Gasteiger partial charge in [-0.2, -0.15) is 0 Å². The van der Waals surface area contributed by atoms with Gasteiger partial charge in [-0.05, 0) is 12.8 Å². The van der Waals surface area contributed by atoms with E-state index < -0.39 is 0 Å². The van der Waals surface area contributed by atoms with Crippen molar-refractivity contribution in [3.8, 4) is 0 Å². The molecule has 0 aliphatic rings. The maximum Gasteiger partial charge on any atom is 0.223 e. The number of carbonyl (C=O) groups excluding carboxylic acids is 1. The highest BCUT2D eigenvalue weighted by Gasteiger charge is 2.12. The predicted molar refractivity (Wildman–Crippen MR) is 61.8 cm³/mol. The van der Waals surface area contributed by atoms with Crippen LogP contribution in [0.1, 0.15) is 26.7 Å². The fourth-order valence-electron chi connectivity index (χ4n) is 1.38. The molecule has 0 aromatic rings. The van der Waals surface area contributed by atoms with Crippen LogP contribution < -0.4 is 10.6 Å². The summed E-state index contributed by atoms with van der Waals surface area (Å²) in [5, 5.41) is 6.10. The summed E-state index contributed by atoms with van der Waals surface area (Å²) in [7, 11) is 1.68. The number of ether oxygens (including phenoxy) is 1. The maximum atomic E-state index is 11.5. The molecule has 0 saturated carbocycles. The van der Waals surface area contributed by atoms with E-state index in [4.69, 9.17) is 4.74 Å². The molecule has 0 bridgehead atoms. The molecule has 0 heterocycles. The van der Waals surface area contributed by atoms with Gasteiger partial charge in [0.15, 0.2) is 0 Å². The lowest BCUT2D eigenvalue weighted by Crippen LogP contribution is -2.36. The summed E-state index contributed by atoms with van der Waals surface area (Å²) in [6.07, 6.45) is 1.83. The van der Waals surface area contributed by atoms with E-state index >= 15 is 0 Å². The molecule has 2 N–H and O–H groups in total. The molecule has 4 heteroatoms. The van der Waals surface area contributed by atoms with Crippen molar-refractivity contribution < 1.29 is 9.53 Å². The van der Waals surface area contributed by atoms with Crippen molar-refractivity contribution in [3.63, 3.8) is 0 Å². The second-order valence-electron chi connectivity index (χ2n) is 3.55. The van der Waals surface area contributed by atoms with Gasteiger partial charge in [-0.15, -0.1) is 0 Å². The molecule has 4 nitrogen and oxygen atoms in total. The van der Waals surface area contributed by atoms with Crippen LogP contribution in [-0.4, -0.2) is 39.3 Å². The fraction of sp³-hybridized carbons (Fsp3) is 0.909. The van der Waals surface area contributed by atoms with Crippen molar-refractivity contribution >= 4 is 5.91 Å². The molecule has 0 rings (SSSR count). The van der Waals surface area contributed by atoms with Gasteiger partial charge in [0, 0.05) is 32.7 Å². The Morgan fingerprint density at radius 2 is 1.87 bits per heavy atom. The zero-order valence-electron chi connectivity index (χ0n) is 10.1. The zero-order valence-corrected chi connectivity index (χ0v) is 10.1. The molecule has 0 aromatic carbocycles. The van der Waals surface area contributed by atoms with Gasteiger partial charge < -0.3 is 15.4 Å². The third kappa shape index (κ3) is 7.33. The molecule has 0 atom stereocenters. The minimum atomic E-state index is 0.170. The lowest BCUT2D eigenvalue weighted by atomic mass is 10.0. The Kier molecular flexibility index (Phi) is 9.52. The lowest BCUT2D eigenvalue weighted by molar-refractivity contribution is -0.125. The number of hydrogen-bond acceptors (Lipinski definition) is 3. The normalized spacial score (nSPS) is 10.7. The molecule has 1 amide bonds. The van der Waals surface area contributed by atoms with Crippen LogP contribution in [0.3, 0.4) is 0 Å². The summed E-state index contributed by atoms with van der Waals surface area (Å²) < 4.78 is 4.89. The molecule has 0 unspecified atom stereocenters. The van der Waals surface area contributed by atoms with Gasteiger partial charge in [0.2, 0.25) is 5.91 Å². The van der Waals surface area contributed by atoms with E-state index in [1.165, 1.54) is 0 Å². The Morgan fingerprint density at radius 3 is 2.40 bits per heavy atom. The minimum Gasteiger partial charge on any atom is -0.383 e. The van der Waals surface area contributed by atoms with Crippen LogP contribution in [0, 0.1) is 5.92 Å². The first-order valence-corrected chi connectivity index (χ1v) is 5.73. The predicted octanol–water partition coefficient (Wildman–Crippen LogP) is 0.775. The molecule has 15 heavy (non-hydrogen) atoms. The average molecular weight is 216 g/mol. The Balaban J connectivity index is 3.38. The first kappa shape index (κ1) is 14.4. The van der Waals surface area contributed by atoms with Crippen molar-refractivity contribution in [1.82, 2.24) is 10.6 Å². The molecule has 90 valence electrons. The summed E-state index contributed by atoms with van der Waals surface area (Å²) in [4.78, 5) is 11.5. The minimum absolute atomic E-state index is 0.170. The second-order valence-corrected chi connectivity index (χ2v) is 3.55. The van der Waals surface area contributed by atoms with Crippen LogP contribution in [0.4, 0.5) is 0 Å². The van der Waals surface area contributed by atoms with Gasteiger partial charge in [0.05, 0.1) is 6.61 Å². The number of nitrogens with one attached hydrogen (secondary N) is 2. The molecule has 0 radical (unpaired) electrons. The zero-order chi connectivity index (χ0) is 11.5. The van der Waals surface area contributed by atoms with E-state index in [0.717, 1.165) is 25.9 Å². The van der Waals surface area contributed by atoms with E-state index in [0.29, 0.717) is 13.2 Å². The van der Waals surface area contributed by atoms with Crippen LogP contribution in [0.25, 0.3) is 0 Å². The van der Waals surface area contributed by atoms with Crippen LogP contribution >= 0.6 is 0 Å². The van der Waals surface area contributed by atoms with Crippen LogP contribution in [0.2, 0.25) is 0 Å². The number of rotatable bonds is 9. The van der Waals surface area contributed by atoms with E-state index in [2.05, 4.69) is 10.6 Å². The molecular formula is C11H24N2O2. The van der Waals surface area contributed by atoms with Gasteiger partial charge >= 0.3 is 0 Å². The van der Waals surface area contributed by atoms with Crippen LogP contribution in [0.5, 0.6) is 0 Å². The maximum absolute atomic E-state index is 11.5. The largest absolute Gasteiger partial charge is 0.383 e. The van der Waals surface area contributed by atoms with Crippen molar-refractivity contribution in [1.29, 1.82) is 0 Å². The smallest absolute Gasteiger partial charge is 0.223 e. The van der Waals surface area contributed by atoms with Gasteiger partial charge in [-0.1, -0.05) is 13.8 Å². The molecule has 0 saturated heterocycles.